The summed E-state index contributed by atoms with van der Waals surface area (Å²) in [5.74, 6) is -0.0708. The van der Waals surface area contributed by atoms with Gasteiger partial charge < -0.3 is 15.0 Å². The summed E-state index contributed by atoms with van der Waals surface area (Å²) >= 11 is 0. The molecule has 2 rings (SSSR count). The minimum Gasteiger partial charge on any atom is -0.378 e. The van der Waals surface area contributed by atoms with Crippen molar-refractivity contribution in [3.8, 4) is 0 Å². The van der Waals surface area contributed by atoms with Gasteiger partial charge in [0, 0.05) is 19.5 Å². The summed E-state index contributed by atoms with van der Waals surface area (Å²) in [5.41, 5.74) is 1.15. The van der Waals surface area contributed by atoms with Crippen LogP contribution in [0, 0.1) is 0 Å². The third-order valence-electron chi connectivity index (χ3n) is 3.99. The molecule has 1 heterocycles. The summed E-state index contributed by atoms with van der Waals surface area (Å²) in [5, 5.41) is 2.89. The number of para-hydroxylation sites is 1. The second-order valence-electron chi connectivity index (χ2n) is 5.81. The van der Waals surface area contributed by atoms with Gasteiger partial charge in [-0.15, -0.1) is 0 Å². The fraction of sp³-hybridized carbons (Fsp3) is 0.556. The Morgan fingerprint density at radius 2 is 1.87 bits per heavy atom. The predicted octanol–water partition coefficient (Wildman–Crippen LogP) is 3.07. The number of anilines is 1. The molecule has 1 aliphatic heterocycles. The number of hydrogen-bond donors (Lipinski definition) is 1. The summed E-state index contributed by atoms with van der Waals surface area (Å²) in [6, 6.07) is 7.22. The van der Waals surface area contributed by atoms with Gasteiger partial charge in [-0.3, -0.25) is 9.59 Å². The first-order valence-corrected chi connectivity index (χ1v) is 8.48. The van der Waals surface area contributed by atoms with Crippen LogP contribution in [0.2, 0.25) is 0 Å². The van der Waals surface area contributed by atoms with Crippen LogP contribution in [-0.2, 0) is 9.53 Å². The zero-order chi connectivity index (χ0) is 16.5. The van der Waals surface area contributed by atoms with E-state index in [1.54, 1.807) is 17.0 Å². The maximum atomic E-state index is 12.6. The normalized spacial score (nSPS) is 14.6. The lowest BCUT2D eigenvalue weighted by Crippen LogP contribution is -2.41. The molecule has 1 aromatic rings. The number of rotatable bonds is 7. The number of carbonyl (C=O) groups is 2. The van der Waals surface area contributed by atoms with E-state index in [-0.39, 0.29) is 11.8 Å². The van der Waals surface area contributed by atoms with Crippen molar-refractivity contribution < 1.29 is 14.3 Å². The maximum absolute atomic E-state index is 12.6. The molecular formula is C18H26N2O3. The Labute approximate surface area is 138 Å². The Hall–Kier alpha value is -1.88. The molecule has 0 aromatic heterocycles. The molecule has 1 aromatic carbocycles. The highest BCUT2D eigenvalue weighted by molar-refractivity contribution is 6.03. The number of ether oxygens (including phenoxy) is 1. The minimum absolute atomic E-state index is 0.0247. The van der Waals surface area contributed by atoms with Crippen molar-refractivity contribution in [2.24, 2.45) is 0 Å². The molecule has 5 heteroatoms. The predicted molar refractivity (Wildman–Crippen MR) is 90.6 cm³/mol. The highest BCUT2D eigenvalue weighted by Gasteiger charge is 2.21. The van der Waals surface area contributed by atoms with Crippen LogP contribution in [0.15, 0.2) is 24.3 Å². The van der Waals surface area contributed by atoms with Gasteiger partial charge in [0.1, 0.15) is 0 Å². The summed E-state index contributed by atoms with van der Waals surface area (Å²) < 4.78 is 5.28. The van der Waals surface area contributed by atoms with E-state index in [9.17, 15) is 9.59 Å². The fourth-order valence-electron chi connectivity index (χ4n) is 2.64. The number of nitrogens with one attached hydrogen (secondary N) is 1. The van der Waals surface area contributed by atoms with Gasteiger partial charge in [0.15, 0.2) is 0 Å². The van der Waals surface area contributed by atoms with E-state index in [1.807, 2.05) is 12.1 Å². The molecule has 0 unspecified atom stereocenters. The number of unbranched alkanes of at least 4 members (excludes halogenated alkanes) is 3. The molecule has 126 valence electrons. The highest BCUT2D eigenvalue weighted by Crippen LogP contribution is 2.18. The first-order chi connectivity index (χ1) is 11.2. The Kier molecular flexibility index (Phi) is 7.07. The van der Waals surface area contributed by atoms with Crippen molar-refractivity contribution in [3.63, 3.8) is 0 Å². The van der Waals surface area contributed by atoms with Gasteiger partial charge in [-0.2, -0.15) is 0 Å². The number of hydrogen-bond acceptors (Lipinski definition) is 3. The molecule has 0 atom stereocenters. The number of benzene rings is 1. The third kappa shape index (κ3) is 5.36. The summed E-state index contributed by atoms with van der Waals surface area (Å²) in [6.45, 7) is 4.47. The quantitative estimate of drug-likeness (QED) is 0.786. The van der Waals surface area contributed by atoms with Crippen molar-refractivity contribution in [1.82, 2.24) is 4.90 Å². The van der Waals surface area contributed by atoms with Gasteiger partial charge >= 0.3 is 0 Å². The second-order valence-corrected chi connectivity index (χ2v) is 5.81. The van der Waals surface area contributed by atoms with Crippen LogP contribution >= 0.6 is 0 Å². The number of amides is 2. The van der Waals surface area contributed by atoms with Gasteiger partial charge in [-0.05, 0) is 18.6 Å². The monoisotopic (exact) mass is 318 g/mol. The maximum Gasteiger partial charge on any atom is 0.256 e. The van der Waals surface area contributed by atoms with Crippen LogP contribution in [0.25, 0.3) is 0 Å². The Morgan fingerprint density at radius 1 is 1.13 bits per heavy atom. The van der Waals surface area contributed by atoms with Crippen molar-refractivity contribution in [1.29, 1.82) is 0 Å². The van der Waals surface area contributed by atoms with Crippen LogP contribution in [-0.4, -0.2) is 43.0 Å². The zero-order valence-electron chi connectivity index (χ0n) is 13.8. The molecular weight excluding hydrogens is 292 g/mol. The molecule has 5 nitrogen and oxygen atoms in total. The van der Waals surface area contributed by atoms with Crippen molar-refractivity contribution in [2.75, 3.05) is 31.6 Å². The molecule has 2 amide bonds. The van der Waals surface area contributed by atoms with Gasteiger partial charge in [0.05, 0.1) is 24.5 Å². The van der Waals surface area contributed by atoms with Crippen molar-refractivity contribution in [2.45, 2.75) is 39.0 Å². The Morgan fingerprint density at radius 3 is 2.61 bits per heavy atom. The summed E-state index contributed by atoms with van der Waals surface area (Å²) in [4.78, 5) is 26.5. The van der Waals surface area contributed by atoms with Gasteiger partial charge in [0.2, 0.25) is 5.91 Å². The zero-order valence-corrected chi connectivity index (χ0v) is 13.8. The molecule has 0 saturated carbocycles. The molecule has 0 bridgehead atoms. The number of carbonyl (C=O) groups excluding carboxylic acids is 2. The van der Waals surface area contributed by atoms with Gasteiger partial charge in [-0.1, -0.05) is 38.3 Å². The smallest absolute Gasteiger partial charge is 0.256 e. The lowest BCUT2D eigenvalue weighted by molar-refractivity contribution is -0.116. The lowest BCUT2D eigenvalue weighted by atomic mass is 10.1. The van der Waals surface area contributed by atoms with Crippen LogP contribution in [0.5, 0.6) is 0 Å². The first-order valence-electron chi connectivity index (χ1n) is 8.48. The van der Waals surface area contributed by atoms with Crippen LogP contribution in [0.1, 0.15) is 49.4 Å². The molecule has 1 N–H and O–H groups in total. The summed E-state index contributed by atoms with van der Waals surface area (Å²) in [7, 11) is 0. The molecule has 0 spiro atoms. The molecule has 0 aliphatic carbocycles. The van der Waals surface area contributed by atoms with Gasteiger partial charge in [-0.25, -0.2) is 0 Å². The van der Waals surface area contributed by atoms with E-state index in [2.05, 4.69) is 12.2 Å². The topological polar surface area (TPSA) is 58.6 Å². The van der Waals surface area contributed by atoms with E-state index in [0.29, 0.717) is 44.0 Å². The SMILES string of the molecule is CCCCCCC(=O)Nc1ccccc1C(=O)N1CCOCC1. The minimum atomic E-state index is -0.0461. The number of morpholine rings is 1. The molecule has 0 radical (unpaired) electrons. The largest absolute Gasteiger partial charge is 0.378 e. The molecule has 1 aliphatic rings. The van der Waals surface area contributed by atoms with E-state index in [4.69, 9.17) is 4.74 Å². The fourth-order valence-corrected chi connectivity index (χ4v) is 2.64. The average Bonchev–Trinajstić information content (AvgIpc) is 2.59. The molecule has 1 saturated heterocycles. The Bertz CT molecular complexity index is 525. The standard InChI is InChI=1S/C18H26N2O3/c1-2-3-4-5-10-17(21)19-16-9-7-6-8-15(16)18(22)20-11-13-23-14-12-20/h6-9H,2-5,10-14H2,1H3,(H,19,21). The first kappa shape index (κ1) is 17.5. The van der Waals surface area contributed by atoms with E-state index in [1.165, 1.54) is 0 Å². The molecule has 1 fully saturated rings. The Balaban J connectivity index is 1.96. The highest BCUT2D eigenvalue weighted by atomic mass is 16.5. The van der Waals surface area contributed by atoms with E-state index in [0.717, 1.165) is 25.7 Å². The van der Waals surface area contributed by atoms with Gasteiger partial charge in [0.25, 0.3) is 5.91 Å². The second kappa shape index (κ2) is 9.30. The van der Waals surface area contributed by atoms with Crippen LogP contribution in [0.4, 0.5) is 5.69 Å². The molecule has 23 heavy (non-hydrogen) atoms. The van der Waals surface area contributed by atoms with E-state index < -0.39 is 0 Å². The van der Waals surface area contributed by atoms with Crippen molar-refractivity contribution >= 4 is 17.5 Å². The summed E-state index contributed by atoms with van der Waals surface area (Å²) in [6.07, 6.45) is 4.76. The number of nitrogens with zero attached hydrogens (tertiary/aromatic N) is 1. The van der Waals surface area contributed by atoms with Crippen LogP contribution < -0.4 is 5.32 Å². The van der Waals surface area contributed by atoms with Crippen molar-refractivity contribution in [3.05, 3.63) is 29.8 Å². The average molecular weight is 318 g/mol. The lowest BCUT2D eigenvalue weighted by Gasteiger charge is -2.27. The van der Waals surface area contributed by atoms with Crippen LogP contribution in [0.3, 0.4) is 0 Å². The van der Waals surface area contributed by atoms with E-state index >= 15 is 0 Å². The third-order valence-corrected chi connectivity index (χ3v) is 3.99.